The normalized spacial score (nSPS) is 19.5. The van der Waals surface area contributed by atoms with Crippen LogP contribution in [0.15, 0.2) is 22.6 Å². The molecule has 1 atom stereocenters. The molecule has 1 fully saturated rings. The van der Waals surface area contributed by atoms with Gasteiger partial charge in [0.2, 0.25) is 24.5 Å². The Balaban J connectivity index is 1.53. The standard InChI is InChI=1S/C17H19N3O4/c1-2-15(21)20-7-3-4-12(9-20)17-19-18-16(24-17)11-5-6-13-14(8-11)23-10-22-13/h5-6,8,12H,2-4,7,9-10H2,1H3/t12-/m0/s1. The van der Waals surface area contributed by atoms with Crippen LogP contribution in [0.5, 0.6) is 11.5 Å². The Bertz CT molecular complexity index is 758. The third-order valence-electron chi connectivity index (χ3n) is 4.49. The van der Waals surface area contributed by atoms with Crippen molar-refractivity contribution in [1.29, 1.82) is 0 Å². The topological polar surface area (TPSA) is 77.7 Å². The summed E-state index contributed by atoms with van der Waals surface area (Å²) >= 11 is 0. The van der Waals surface area contributed by atoms with Gasteiger partial charge in [0.05, 0.1) is 5.92 Å². The van der Waals surface area contributed by atoms with Crippen LogP contribution in [-0.4, -0.2) is 40.9 Å². The van der Waals surface area contributed by atoms with E-state index in [1.807, 2.05) is 30.0 Å². The molecule has 2 aliphatic heterocycles. The highest BCUT2D eigenvalue weighted by Gasteiger charge is 2.28. The van der Waals surface area contributed by atoms with Gasteiger partial charge in [0.25, 0.3) is 0 Å². The first-order valence-electron chi connectivity index (χ1n) is 8.26. The fourth-order valence-electron chi connectivity index (χ4n) is 3.17. The fraction of sp³-hybridized carbons (Fsp3) is 0.471. The highest BCUT2D eigenvalue weighted by molar-refractivity contribution is 5.76. The second-order valence-corrected chi connectivity index (χ2v) is 6.05. The van der Waals surface area contributed by atoms with Gasteiger partial charge in [-0.1, -0.05) is 6.92 Å². The number of fused-ring (bicyclic) bond motifs is 1. The minimum atomic E-state index is 0.101. The Morgan fingerprint density at radius 1 is 1.29 bits per heavy atom. The zero-order valence-corrected chi connectivity index (χ0v) is 13.5. The van der Waals surface area contributed by atoms with E-state index in [-0.39, 0.29) is 18.6 Å². The van der Waals surface area contributed by atoms with Gasteiger partial charge in [-0.25, -0.2) is 0 Å². The lowest BCUT2D eigenvalue weighted by Crippen LogP contribution is -2.38. The van der Waals surface area contributed by atoms with E-state index in [1.54, 1.807) is 0 Å². The third-order valence-corrected chi connectivity index (χ3v) is 4.49. The van der Waals surface area contributed by atoms with Crippen LogP contribution in [0.3, 0.4) is 0 Å². The summed E-state index contributed by atoms with van der Waals surface area (Å²) in [7, 11) is 0. The van der Waals surface area contributed by atoms with Crippen molar-refractivity contribution in [2.75, 3.05) is 19.9 Å². The van der Waals surface area contributed by atoms with E-state index in [9.17, 15) is 4.79 Å². The van der Waals surface area contributed by atoms with Crippen molar-refractivity contribution in [3.63, 3.8) is 0 Å². The summed E-state index contributed by atoms with van der Waals surface area (Å²) in [6.45, 7) is 3.58. The summed E-state index contributed by atoms with van der Waals surface area (Å²) in [6.07, 6.45) is 2.44. The van der Waals surface area contributed by atoms with E-state index in [4.69, 9.17) is 13.9 Å². The number of aromatic nitrogens is 2. The predicted octanol–water partition coefficient (Wildman–Crippen LogP) is 2.58. The molecule has 2 aliphatic rings. The molecule has 1 aromatic carbocycles. The fourth-order valence-corrected chi connectivity index (χ4v) is 3.17. The minimum absolute atomic E-state index is 0.101. The molecule has 1 aromatic heterocycles. The molecule has 7 heteroatoms. The molecule has 2 aromatic rings. The van der Waals surface area contributed by atoms with Crippen LogP contribution >= 0.6 is 0 Å². The van der Waals surface area contributed by atoms with Gasteiger partial charge in [0.15, 0.2) is 11.5 Å². The maximum atomic E-state index is 11.9. The second kappa shape index (κ2) is 6.14. The average Bonchev–Trinajstić information content (AvgIpc) is 3.29. The Kier molecular flexibility index (Phi) is 3.84. The van der Waals surface area contributed by atoms with Crippen molar-refractivity contribution >= 4 is 5.91 Å². The molecule has 3 heterocycles. The van der Waals surface area contributed by atoms with Crippen molar-refractivity contribution in [3.05, 3.63) is 24.1 Å². The van der Waals surface area contributed by atoms with E-state index in [0.29, 0.717) is 30.5 Å². The van der Waals surface area contributed by atoms with Crippen LogP contribution in [0.4, 0.5) is 0 Å². The molecule has 4 rings (SSSR count). The number of carbonyl (C=O) groups excluding carboxylic acids is 1. The lowest BCUT2D eigenvalue weighted by molar-refractivity contribution is -0.132. The van der Waals surface area contributed by atoms with E-state index >= 15 is 0 Å². The molecule has 0 N–H and O–H groups in total. The van der Waals surface area contributed by atoms with Gasteiger partial charge >= 0.3 is 0 Å². The number of nitrogens with zero attached hydrogens (tertiary/aromatic N) is 3. The first-order valence-corrected chi connectivity index (χ1v) is 8.26. The summed E-state index contributed by atoms with van der Waals surface area (Å²) in [5.41, 5.74) is 0.801. The molecule has 1 amide bonds. The number of carbonyl (C=O) groups is 1. The van der Waals surface area contributed by atoms with Crippen LogP contribution in [-0.2, 0) is 4.79 Å². The van der Waals surface area contributed by atoms with Gasteiger partial charge in [-0.2, -0.15) is 0 Å². The molecule has 0 bridgehead atoms. The molecule has 0 radical (unpaired) electrons. The Morgan fingerprint density at radius 3 is 3.04 bits per heavy atom. The summed E-state index contributed by atoms with van der Waals surface area (Å²) in [6, 6.07) is 5.55. The maximum absolute atomic E-state index is 11.9. The number of ether oxygens (including phenoxy) is 2. The quantitative estimate of drug-likeness (QED) is 0.861. The zero-order chi connectivity index (χ0) is 16.5. The average molecular weight is 329 g/mol. The Labute approximate surface area is 139 Å². The molecule has 0 aliphatic carbocycles. The van der Waals surface area contributed by atoms with Crippen LogP contribution in [0, 0.1) is 0 Å². The number of hydrogen-bond acceptors (Lipinski definition) is 6. The predicted molar refractivity (Wildman–Crippen MR) is 84.7 cm³/mol. The van der Waals surface area contributed by atoms with Gasteiger partial charge in [-0.05, 0) is 31.0 Å². The van der Waals surface area contributed by atoms with Gasteiger partial charge in [0.1, 0.15) is 0 Å². The smallest absolute Gasteiger partial charge is 0.247 e. The zero-order valence-electron chi connectivity index (χ0n) is 13.5. The molecule has 126 valence electrons. The molecule has 0 saturated carbocycles. The summed E-state index contributed by atoms with van der Waals surface area (Å²) in [4.78, 5) is 13.8. The summed E-state index contributed by atoms with van der Waals surface area (Å²) < 4.78 is 16.6. The minimum Gasteiger partial charge on any atom is -0.454 e. The summed E-state index contributed by atoms with van der Waals surface area (Å²) in [5, 5.41) is 8.36. The maximum Gasteiger partial charge on any atom is 0.247 e. The van der Waals surface area contributed by atoms with Crippen LogP contribution in [0.1, 0.15) is 38.0 Å². The monoisotopic (exact) mass is 329 g/mol. The number of hydrogen-bond donors (Lipinski definition) is 0. The van der Waals surface area contributed by atoms with Crippen molar-refractivity contribution in [3.8, 4) is 23.0 Å². The number of rotatable bonds is 3. The van der Waals surface area contributed by atoms with E-state index in [0.717, 1.165) is 30.7 Å². The molecule has 7 nitrogen and oxygen atoms in total. The number of piperidine rings is 1. The number of benzene rings is 1. The van der Waals surface area contributed by atoms with Gasteiger partial charge in [-0.3, -0.25) is 4.79 Å². The Hall–Kier alpha value is -2.57. The third kappa shape index (κ3) is 2.70. The first kappa shape index (κ1) is 15.0. The second-order valence-electron chi connectivity index (χ2n) is 6.05. The van der Waals surface area contributed by atoms with Crippen molar-refractivity contribution in [1.82, 2.24) is 15.1 Å². The van der Waals surface area contributed by atoms with Gasteiger partial charge in [-0.15, -0.1) is 10.2 Å². The lowest BCUT2D eigenvalue weighted by Gasteiger charge is -2.30. The molecular weight excluding hydrogens is 310 g/mol. The van der Waals surface area contributed by atoms with E-state index < -0.39 is 0 Å². The number of amides is 1. The van der Waals surface area contributed by atoms with Crippen molar-refractivity contribution in [2.24, 2.45) is 0 Å². The summed E-state index contributed by atoms with van der Waals surface area (Å²) in [5.74, 6) is 2.74. The Morgan fingerprint density at radius 2 is 2.17 bits per heavy atom. The van der Waals surface area contributed by atoms with Crippen LogP contribution in [0.25, 0.3) is 11.5 Å². The lowest BCUT2D eigenvalue weighted by atomic mass is 9.98. The van der Waals surface area contributed by atoms with Crippen molar-refractivity contribution < 1.29 is 18.7 Å². The molecule has 0 spiro atoms. The molecule has 0 unspecified atom stereocenters. The van der Waals surface area contributed by atoms with Gasteiger partial charge in [0, 0.05) is 25.1 Å². The molecular formula is C17H19N3O4. The van der Waals surface area contributed by atoms with Crippen molar-refractivity contribution in [2.45, 2.75) is 32.1 Å². The molecule has 1 saturated heterocycles. The highest BCUT2D eigenvalue weighted by atomic mass is 16.7. The molecule has 24 heavy (non-hydrogen) atoms. The van der Waals surface area contributed by atoms with E-state index in [2.05, 4.69) is 10.2 Å². The van der Waals surface area contributed by atoms with Crippen LogP contribution in [0.2, 0.25) is 0 Å². The van der Waals surface area contributed by atoms with Gasteiger partial charge < -0.3 is 18.8 Å². The largest absolute Gasteiger partial charge is 0.454 e. The first-order chi connectivity index (χ1) is 11.7. The van der Waals surface area contributed by atoms with E-state index in [1.165, 1.54) is 0 Å². The highest BCUT2D eigenvalue weighted by Crippen LogP contribution is 2.36. The number of likely N-dealkylation sites (tertiary alicyclic amines) is 1. The van der Waals surface area contributed by atoms with Crippen LogP contribution < -0.4 is 9.47 Å². The SMILES string of the molecule is CCC(=O)N1CCC[C@H](c2nnc(-c3ccc4c(c3)OCO4)o2)C1.